The van der Waals surface area contributed by atoms with Gasteiger partial charge in [0.1, 0.15) is 5.76 Å². The predicted octanol–water partition coefficient (Wildman–Crippen LogP) is 4.29. The van der Waals surface area contributed by atoms with Crippen molar-refractivity contribution in [3.63, 3.8) is 0 Å². The molecule has 0 bridgehead atoms. The molecule has 0 spiro atoms. The fourth-order valence-corrected chi connectivity index (χ4v) is 2.28. The van der Waals surface area contributed by atoms with Gasteiger partial charge in [0, 0.05) is 18.0 Å². The topological polar surface area (TPSA) is 55.1 Å². The van der Waals surface area contributed by atoms with Crippen molar-refractivity contribution >= 4 is 5.91 Å². The number of benzene rings is 1. The molecule has 3 aromatic rings. The van der Waals surface area contributed by atoms with E-state index in [2.05, 4.69) is 10.3 Å². The van der Waals surface area contributed by atoms with Gasteiger partial charge in [-0.3, -0.25) is 9.78 Å². The van der Waals surface area contributed by atoms with Crippen LogP contribution in [0.4, 0.5) is 13.2 Å². The number of amides is 1. The Morgan fingerprint density at radius 2 is 1.92 bits per heavy atom. The van der Waals surface area contributed by atoms with Crippen LogP contribution in [0, 0.1) is 0 Å². The summed E-state index contributed by atoms with van der Waals surface area (Å²) in [6, 6.07) is 9.81. The molecule has 0 aliphatic heterocycles. The number of hydrogen-bond acceptors (Lipinski definition) is 3. The second-order valence-corrected chi connectivity index (χ2v) is 5.30. The van der Waals surface area contributed by atoms with E-state index in [4.69, 9.17) is 4.42 Å². The maximum absolute atomic E-state index is 12.8. The lowest BCUT2D eigenvalue weighted by Crippen LogP contribution is -2.22. The molecule has 2 heterocycles. The molecule has 0 unspecified atom stereocenters. The second-order valence-electron chi connectivity index (χ2n) is 5.30. The summed E-state index contributed by atoms with van der Waals surface area (Å²) in [6.07, 6.45) is -0.161. The average Bonchev–Trinajstić information content (AvgIpc) is 3.13. The van der Waals surface area contributed by atoms with E-state index in [1.807, 2.05) is 0 Å². The van der Waals surface area contributed by atoms with Crippen molar-refractivity contribution in [1.82, 2.24) is 10.3 Å². The SMILES string of the molecule is O=C(NCc1ccco1)c1cncc(-c2cccc(C(F)(F)F)c2)c1. The summed E-state index contributed by atoms with van der Waals surface area (Å²) < 4.78 is 43.6. The van der Waals surface area contributed by atoms with Crippen LogP contribution < -0.4 is 5.32 Å². The summed E-state index contributed by atoms with van der Waals surface area (Å²) in [6.45, 7) is 0.208. The van der Waals surface area contributed by atoms with Crippen molar-refractivity contribution in [3.05, 3.63) is 78.0 Å². The Labute approximate surface area is 141 Å². The Bertz CT molecular complexity index is 874. The van der Waals surface area contributed by atoms with Gasteiger partial charge >= 0.3 is 6.18 Å². The molecule has 0 aliphatic carbocycles. The molecule has 2 aromatic heterocycles. The van der Waals surface area contributed by atoms with Crippen molar-refractivity contribution in [2.45, 2.75) is 12.7 Å². The number of hydrogen-bond donors (Lipinski definition) is 1. The number of carbonyl (C=O) groups excluding carboxylic acids is 1. The van der Waals surface area contributed by atoms with Crippen LogP contribution in [0.2, 0.25) is 0 Å². The monoisotopic (exact) mass is 346 g/mol. The molecule has 1 amide bonds. The Hall–Kier alpha value is -3.09. The molecule has 0 saturated carbocycles. The third-order valence-corrected chi connectivity index (χ3v) is 3.53. The molecular weight excluding hydrogens is 333 g/mol. The molecule has 4 nitrogen and oxygen atoms in total. The maximum Gasteiger partial charge on any atom is 0.416 e. The van der Waals surface area contributed by atoms with Gasteiger partial charge in [-0.05, 0) is 35.9 Å². The number of alkyl halides is 3. The molecule has 7 heteroatoms. The van der Waals surface area contributed by atoms with Gasteiger partial charge in [0.15, 0.2) is 0 Å². The number of halogens is 3. The highest BCUT2D eigenvalue weighted by Gasteiger charge is 2.30. The second kappa shape index (κ2) is 6.80. The lowest BCUT2D eigenvalue weighted by molar-refractivity contribution is -0.137. The van der Waals surface area contributed by atoms with Gasteiger partial charge in [-0.1, -0.05) is 12.1 Å². The van der Waals surface area contributed by atoms with Gasteiger partial charge in [0.2, 0.25) is 0 Å². The zero-order valence-corrected chi connectivity index (χ0v) is 12.9. The molecular formula is C18H13F3N2O2. The molecule has 128 valence electrons. The van der Waals surface area contributed by atoms with Gasteiger partial charge in [-0.15, -0.1) is 0 Å². The van der Waals surface area contributed by atoms with Crippen LogP contribution >= 0.6 is 0 Å². The molecule has 0 fully saturated rings. The molecule has 0 atom stereocenters. The summed E-state index contributed by atoms with van der Waals surface area (Å²) in [5, 5.41) is 2.66. The van der Waals surface area contributed by atoms with Gasteiger partial charge < -0.3 is 9.73 Å². The first-order valence-electron chi connectivity index (χ1n) is 7.37. The maximum atomic E-state index is 12.8. The molecule has 0 saturated heterocycles. The number of nitrogens with one attached hydrogen (secondary N) is 1. The predicted molar refractivity (Wildman–Crippen MR) is 84.6 cm³/mol. The minimum atomic E-state index is -4.43. The number of pyridine rings is 1. The van der Waals surface area contributed by atoms with Gasteiger partial charge in [0.25, 0.3) is 5.91 Å². The van der Waals surface area contributed by atoms with E-state index in [0.717, 1.165) is 12.1 Å². The summed E-state index contributed by atoms with van der Waals surface area (Å²) in [5.41, 5.74) is 0.263. The van der Waals surface area contributed by atoms with E-state index >= 15 is 0 Å². The highest BCUT2D eigenvalue weighted by atomic mass is 19.4. The first-order chi connectivity index (χ1) is 11.9. The molecule has 0 radical (unpaired) electrons. The van der Waals surface area contributed by atoms with Crippen molar-refractivity contribution in [1.29, 1.82) is 0 Å². The Balaban J connectivity index is 1.80. The molecule has 1 N–H and O–H groups in total. The van der Waals surface area contributed by atoms with Crippen molar-refractivity contribution < 1.29 is 22.4 Å². The normalized spacial score (nSPS) is 11.3. The summed E-state index contributed by atoms with van der Waals surface area (Å²) in [4.78, 5) is 16.1. The number of rotatable bonds is 4. The van der Waals surface area contributed by atoms with Crippen molar-refractivity contribution in [2.24, 2.45) is 0 Å². The van der Waals surface area contributed by atoms with Crippen LogP contribution in [-0.2, 0) is 12.7 Å². The summed E-state index contributed by atoms with van der Waals surface area (Å²) in [7, 11) is 0. The Kier molecular flexibility index (Phi) is 4.56. The van der Waals surface area contributed by atoms with E-state index in [9.17, 15) is 18.0 Å². The van der Waals surface area contributed by atoms with Crippen LogP contribution in [-0.4, -0.2) is 10.9 Å². The van der Waals surface area contributed by atoms with Gasteiger partial charge in [-0.25, -0.2) is 0 Å². The standard InChI is InChI=1S/C18H13F3N2O2/c19-18(20,21)15-4-1-3-12(8-15)13-7-14(10-22-9-13)17(24)23-11-16-5-2-6-25-16/h1-10H,11H2,(H,23,24). The summed E-state index contributed by atoms with van der Waals surface area (Å²) >= 11 is 0. The lowest BCUT2D eigenvalue weighted by atomic mass is 10.0. The first kappa shape index (κ1) is 16.8. The molecule has 1 aromatic carbocycles. The lowest BCUT2D eigenvalue weighted by Gasteiger charge is -2.09. The third-order valence-electron chi connectivity index (χ3n) is 3.53. The fraction of sp³-hybridized carbons (Fsp3) is 0.111. The average molecular weight is 346 g/mol. The van der Waals surface area contributed by atoms with Crippen molar-refractivity contribution in [2.75, 3.05) is 0 Å². The first-order valence-corrected chi connectivity index (χ1v) is 7.37. The van der Waals surface area contributed by atoms with Crippen LogP contribution in [0.15, 0.2) is 65.5 Å². The van der Waals surface area contributed by atoms with E-state index in [-0.39, 0.29) is 12.1 Å². The minimum Gasteiger partial charge on any atom is -0.467 e. The largest absolute Gasteiger partial charge is 0.467 e. The quantitative estimate of drug-likeness (QED) is 0.767. The van der Waals surface area contributed by atoms with Crippen LogP contribution in [0.1, 0.15) is 21.7 Å². The van der Waals surface area contributed by atoms with Gasteiger partial charge in [0.05, 0.1) is 23.9 Å². The van der Waals surface area contributed by atoms with Crippen LogP contribution in [0.3, 0.4) is 0 Å². The van der Waals surface area contributed by atoms with Gasteiger partial charge in [-0.2, -0.15) is 13.2 Å². The van der Waals surface area contributed by atoms with E-state index in [1.165, 1.54) is 36.9 Å². The molecule has 3 rings (SSSR count). The molecule has 0 aliphatic rings. The van der Waals surface area contributed by atoms with Crippen LogP contribution in [0.5, 0.6) is 0 Å². The zero-order chi connectivity index (χ0) is 17.9. The Morgan fingerprint density at radius 3 is 2.64 bits per heavy atom. The Morgan fingerprint density at radius 1 is 1.08 bits per heavy atom. The fourth-order valence-electron chi connectivity index (χ4n) is 2.28. The highest BCUT2D eigenvalue weighted by molar-refractivity contribution is 5.95. The number of furan rings is 1. The highest BCUT2D eigenvalue weighted by Crippen LogP contribution is 2.32. The number of carbonyl (C=O) groups is 1. The van der Waals surface area contributed by atoms with E-state index in [0.29, 0.717) is 16.9 Å². The molecule has 25 heavy (non-hydrogen) atoms. The number of nitrogens with zero attached hydrogens (tertiary/aromatic N) is 1. The van der Waals surface area contributed by atoms with E-state index in [1.54, 1.807) is 12.1 Å². The van der Waals surface area contributed by atoms with E-state index < -0.39 is 17.6 Å². The smallest absolute Gasteiger partial charge is 0.416 e. The number of aromatic nitrogens is 1. The van der Waals surface area contributed by atoms with Crippen LogP contribution in [0.25, 0.3) is 11.1 Å². The third kappa shape index (κ3) is 4.06. The van der Waals surface area contributed by atoms with Crippen molar-refractivity contribution in [3.8, 4) is 11.1 Å². The summed E-state index contributed by atoms with van der Waals surface area (Å²) in [5.74, 6) is 0.202. The minimum absolute atomic E-state index is 0.208. The zero-order valence-electron chi connectivity index (χ0n) is 12.9.